The first-order chi connectivity index (χ1) is 12.1. The lowest BCUT2D eigenvalue weighted by atomic mass is 9.85. The fourth-order valence-corrected chi connectivity index (χ4v) is 3.50. The van der Waals surface area contributed by atoms with Crippen LogP contribution in [0.5, 0.6) is 0 Å². The van der Waals surface area contributed by atoms with Gasteiger partial charge in [-0.15, -0.1) is 0 Å². The number of aromatic nitrogens is 1. The standard InChI is InChI=1S/C20H26N2O3/c1-20(14-23)12-6-9-17(20)22-18(24)10-5-11-19-21-13-16(25-19)15-7-3-2-4-8-15/h2-4,7-8,13,17,23H,5-6,9-12,14H2,1H3,(H,22,24). The van der Waals surface area contributed by atoms with Gasteiger partial charge in [-0.2, -0.15) is 0 Å². The Morgan fingerprint density at radius 3 is 2.96 bits per heavy atom. The Hall–Kier alpha value is -2.14. The Morgan fingerprint density at radius 1 is 1.40 bits per heavy atom. The van der Waals surface area contributed by atoms with Gasteiger partial charge >= 0.3 is 0 Å². The Labute approximate surface area is 148 Å². The average Bonchev–Trinajstić information content (AvgIpc) is 3.24. The van der Waals surface area contributed by atoms with Crippen molar-refractivity contribution in [2.75, 3.05) is 6.61 Å². The minimum absolute atomic E-state index is 0.0430. The molecule has 1 aromatic carbocycles. The Kier molecular flexibility index (Phi) is 5.53. The number of hydrogen-bond acceptors (Lipinski definition) is 4. The number of oxazole rings is 1. The van der Waals surface area contributed by atoms with Crippen LogP contribution < -0.4 is 5.32 Å². The number of carbonyl (C=O) groups excluding carboxylic acids is 1. The summed E-state index contributed by atoms with van der Waals surface area (Å²) in [6.45, 7) is 2.17. The van der Waals surface area contributed by atoms with Gasteiger partial charge in [0.25, 0.3) is 0 Å². The molecule has 25 heavy (non-hydrogen) atoms. The first-order valence-electron chi connectivity index (χ1n) is 9.01. The fraction of sp³-hybridized carbons (Fsp3) is 0.500. The van der Waals surface area contributed by atoms with Crippen LogP contribution in [0.25, 0.3) is 11.3 Å². The molecule has 1 aliphatic rings. The Morgan fingerprint density at radius 2 is 2.20 bits per heavy atom. The molecule has 1 aromatic heterocycles. The highest BCUT2D eigenvalue weighted by molar-refractivity contribution is 5.76. The Balaban J connectivity index is 1.45. The van der Waals surface area contributed by atoms with Crippen LogP contribution in [0.4, 0.5) is 0 Å². The predicted octanol–water partition coefficient (Wildman–Crippen LogP) is 3.33. The van der Waals surface area contributed by atoms with Gasteiger partial charge in [0.1, 0.15) is 0 Å². The van der Waals surface area contributed by atoms with Gasteiger partial charge in [-0.05, 0) is 19.3 Å². The van der Waals surface area contributed by atoms with E-state index in [0.29, 0.717) is 25.2 Å². The molecule has 3 rings (SSSR count). The maximum absolute atomic E-state index is 12.2. The number of benzene rings is 1. The van der Waals surface area contributed by atoms with Crippen molar-refractivity contribution in [3.8, 4) is 11.3 Å². The molecule has 0 aliphatic heterocycles. The number of aliphatic hydroxyl groups is 1. The van der Waals surface area contributed by atoms with Gasteiger partial charge in [-0.1, -0.05) is 43.7 Å². The summed E-state index contributed by atoms with van der Waals surface area (Å²) in [6.07, 6.45) is 6.49. The van der Waals surface area contributed by atoms with Crippen molar-refractivity contribution in [1.82, 2.24) is 10.3 Å². The van der Waals surface area contributed by atoms with E-state index < -0.39 is 0 Å². The third-order valence-electron chi connectivity index (χ3n) is 5.18. The molecule has 0 saturated heterocycles. The van der Waals surface area contributed by atoms with Gasteiger partial charge in [0.05, 0.1) is 12.8 Å². The first-order valence-corrected chi connectivity index (χ1v) is 9.01. The number of amides is 1. The summed E-state index contributed by atoms with van der Waals surface area (Å²) in [4.78, 5) is 16.5. The number of nitrogens with one attached hydrogen (secondary N) is 1. The number of rotatable bonds is 7. The fourth-order valence-electron chi connectivity index (χ4n) is 3.50. The van der Waals surface area contributed by atoms with Crippen molar-refractivity contribution in [3.63, 3.8) is 0 Å². The van der Waals surface area contributed by atoms with Gasteiger partial charge in [0, 0.05) is 29.9 Å². The third kappa shape index (κ3) is 4.28. The molecule has 134 valence electrons. The molecule has 2 unspecified atom stereocenters. The monoisotopic (exact) mass is 342 g/mol. The smallest absolute Gasteiger partial charge is 0.220 e. The molecule has 5 nitrogen and oxygen atoms in total. The molecule has 1 fully saturated rings. The zero-order valence-corrected chi connectivity index (χ0v) is 14.7. The van der Waals surface area contributed by atoms with E-state index in [-0.39, 0.29) is 24.0 Å². The van der Waals surface area contributed by atoms with Gasteiger partial charge in [-0.25, -0.2) is 4.98 Å². The van der Waals surface area contributed by atoms with Crippen LogP contribution in [0.15, 0.2) is 40.9 Å². The molecule has 1 heterocycles. The molecule has 2 atom stereocenters. The molecule has 0 bridgehead atoms. The summed E-state index contributed by atoms with van der Waals surface area (Å²) >= 11 is 0. The van der Waals surface area contributed by atoms with Gasteiger partial charge in [0.15, 0.2) is 11.7 Å². The van der Waals surface area contributed by atoms with Crippen molar-refractivity contribution >= 4 is 5.91 Å². The quantitative estimate of drug-likeness (QED) is 0.809. The summed E-state index contributed by atoms with van der Waals surface area (Å²) in [5.41, 5.74) is 0.825. The molecular weight excluding hydrogens is 316 g/mol. The van der Waals surface area contributed by atoms with E-state index >= 15 is 0 Å². The first kappa shape index (κ1) is 17.7. The van der Waals surface area contributed by atoms with Crippen LogP contribution in [-0.2, 0) is 11.2 Å². The molecule has 2 N–H and O–H groups in total. The molecule has 0 spiro atoms. The lowest BCUT2D eigenvalue weighted by molar-refractivity contribution is -0.122. The largest absolute Gasteiger partial charge is 0.441 e. The molecule has 1 saturated carbocycles. The van der Waals surface area contributed by atoms with Gasteiger partial charge in [-0.3, -0.25) is 4.79 Å². The van der Waals surface area contributed by atoms with E-state index in [2.05, 4.69) is 10.3 Å². The molecule has 1 amide bonds. The van der Waals surface area contributed by atoms with Crippen LogP contribution >= 0.6 is 0 Å². The predicted molar refractivity (Wildman–Crippen MR) is 95.9 cm³/mol. The van der Waals surface area contributed by atoms with Crippen LogP contribution in [0, 0.1) is 5.41 Å². The SMILES string of the molecule is CC1(CO)CCCC1NC(=O)CCCc1ncc(-c2ccccc2)o1. The van der Waals surface area contributed by atoms with Crippen LogP contribution in [0.3, 0.4) is 0 Å². The summed E-state index contributed by atoms with van der Waals surface area (Å²) in [7, 11) is 0. The van der Waals surface area contributed by atoms with Crippen molar-refractivity contribution in [1.29, 1.82) is 0 Å². The lowest BCUT2D eigenvalue weighted by Gasteiger charge is -2.30. The van der Waals surface area contributed by atoms with Gasteiger partial charge in [0.2, 0.25) is 5.91 Å². The number of carbonyl (C=O) groups is 1. The van der Waals surface area contributed by atoms with Crippen molar-refractivity contribution in [3.05, 3.63) is 42.4 Å². The minimum atomic E-state index is -0.178. The van der Waals surface area contributed by atoms with E-state index in [9.17, 15) is 9.90 Å². The van der Waals surface area contributed by atoms with Gasteiger partial charge < -0.3 is 14.8 Å². The highest BCUT2D eigenvalue weighted by Crippen LogP contribution is 2.37. The van der Waals surface area contributed by atoms with Crippen LogP contribution in [-0.4, -0.2) is 28.6 Å². The third-order valence-corrected chi connectivity index (χ3v) is 5.18. The Bertz CT molecular complexity index is 698. The second-order valence-electron chi connectivity index (χ2n) is 7.16. The summed E-state index contributed by atoms with van der Waals surface area (Å²) in [6, 6.07) is 9.94. The highest BCUT2D eigenvalue weighted by Gasteiger charge is 2.38. The van der Waals surface area contributed by atoms with E-state index in [1.807, 2.05) is 37.3 Å². The van der Waals surface area contributed by atoms with Crippen LogP contribution in [0.2, 0.25) is 0 Å². The zero-order chi connectivity index (χ0) is 17.7. The van der Waals surface area contributed by atoms with Crippen molar-refractivity contribution < 1.29 is 14.3 Å². The van der Waals surface area contributed by atoms with E-state index in [0.717, 1.165) is 30.6 Å². The molecule has 1 aliphatic carbocycles. The van der Waals surface area contributed by atoms with E-state index in [1.165, 1.54) is 0 Å². The second kappa shape index (κ2) is 7.83. The number of hydrogen-bond donors (Lipinski definition) is 2. The molecular formula is C20H26N2O3. The second-order valence-corrected chi connectivity index (χ2v) is 7.16. The lowest BCUT2D eigenvalue weighted by Crippen LogP contribution is -2.44. The molecule has 2 aromatic rings. The van der Waals surface area contributed by atoms with E-state index in [4.69, 9.17) is 4.42 Å². The number of nitrogens with zero attached hydrogens (tertiary/aromatic N) is 1. The van der Waals surface area contributed by atoms with Crippen molar-refractivity contribution in [2.45, 2.75) is 51.5 Å². The normalized spacial score (nSPS) is 22.9. The maximum Gasteiger partial charge on any atom is 0.220 e. The zero-order valence-electron chi connectivity index (χ0n) is 14.7. The highest BCUT2D eigenvalue weighted by atomic mass is 16.4. The van der Waals surface area contributed by atoms with E-state index in [1.54, 1.807) is 6.20 Å². The maximum atomic E-state index is 12.2. The summed E-state index contributed by atoms with van der Waals surface area (Å²) in [5, 5.41) is 12.6. The average molecular weight is 342 g/mol. The van der Waals surface area contributed by atoms with Crippen LogP contribution in [0.1, 0.15) is 44.9 Å². The summed E-state index contributed by atoms with van der Waals surface area (Å²) < 4.78 is 5.76. The number of aryl methyl sites for hydroxylation is 1. The molecule has 0 radical (unpaired) electrons. The number of aliphatic hydroxyl groups excluding tert-OH is 1. The minimum Gasteiger partial charge on any atom is -0.441 e. The summed E-state index contributed by atoms with van der Waals surface area (Å²) in [5.74, 6) is 1.46. The molecule has 5 heteroatoms. The topological polar surface area (TPSA) is 75.4 Å². The van der Waals surface area contributed by atoms with Crippen molar-refractivity contribution in [2.24, 2.45) is 5.41 Å².